The van der Waals surface area contributed by atoms with Crippen LogP contribution in [0.15, 0.2) is 0 Å². The van der Waals surface area contributed by atoms with Gasteiger partial charge in [-0.25, -0.2) is 4.67 Å². The van der Waals surface area contributed by atoms with Gasteiger partial charge >= 0.3 is 0 Å². The van der Waals surface area contributed by atoms with E-state index < -0.39 is 6.65 Å². The van der Waals surface area contributed by atoms with Gasteiger partial charge in [0.1, 0.15) is 0 Å². The van der Waals surface area contributed by atoms with Gasteiger partial charge in [0.25, 0.3) is 0 Å². The van der Waals surface area contributed by atoms with Crippen LogP contribution in [0, 0.1) is 11.3 Å². The third kappa shape index (κ3) is 5.00. The van der Waals surface area contributed by atoms with Crippen molar-refractivity contribution >= 4 is 29.5 Å². The molecule has 0 aromatic carbocycles. The second-order valence-corrected chi connectivity index (χ2v) is 6.71. The summed E-state index contributed by atoms with van der Waals surface area (Å²) in [5, 5.41) is 8.31. The molecule has 12 heavy (non-hydrogen) atoms. The smallest absolute Gasteiger partial charge is 0.231 e. The van der Waals surface area contributed by atoms with E-state index in [4.69, 9.17) is 28.1 Å². The summed E-state index contributed by atoms with van der Waals surface area (Å²) >= 11 is 11.1. The summed E-state index contributed by atoms with van der Waals surface area (Å²) in [4.78, 5) is 0. The Hall–Kier alpha value is 0.260. The summed E-state index contributed by atoms with van der Waals surface area (Å²) in [6.45, 7) is -0.419. The molecule has 0 bridgehead atoms. The molecule has 0 heterocycles. The van der Waals surface area contributed by atoms with Crippen molar-refractivity contribution in [1.82, 2.24) is 4.67 Å². The maximum Gasteiger partial charge on any atom is 0.231 e. The predicted molar refractivity (Wildman–Crippen MR) is 51.9 cm³/mol. The van der Waals surface area contributed by atoms with Crippen LogP contribution >= 0.6 is 29.5 Å². The molecule has 0 radical (unpaired) electrons. The lowest BCUT2D eigenvalue weighted by Gasteiger charge is -2.21. The minimum absolute atomic E-state index is 0.321. The van der Waals surface area contributed by atoms with E-state index in [2.05, 4.69) is 0 Å². The first-order valence-electron chi connectivity index (χ1n) is 3.48. The molecule has 1 unspecified atom stereocenters. The minimum Gasteiger partial charge on any atom is -0.289 e. The molecule has 0 spiro atoms. The quantitative estimate of drug-likeness (QED) is 0.537. The molecule has 0 aliphatic rings. The molecule has 0 N–H and O–H groups in total. The van der Waals surface area contributed by atoms with Crippen LogP contribution in [0.3, 0.4) is 0 Å². The highest BCUT2D eigenvalue weighted by atomic mass is 35.7. The van der Waals surface area contributed by atoms with E-state index in [-0.39, 0.29) is 0 Å². The molecule has 3 nitrogen and oxygen atoms in total. The fourth-order valence-corrected chi connectivity index (χ4v) is 2.44. The Bertz CT molecular complexity index is 210. The van der Waals surface area contributed by atoms with Crippen LogP contribution in [0.1, 0.15) is 6.42 Å². The van der Waals surface area contributed by atoms with Gasteiger partial charge in [0, 0.05) is 32.1 Å². The van der Waals surface area contributed by atoms with Crippen LogP contribution in [0.25, 0.3) is 0 Å². The SMILES string of the molecule is CP(=O)(Cl)N(CCCl)CCC#N. The third-order valence-corrected chi connectivity index (χ3v) is 3.55. The highest BCUT2D eigenvalue weighted by Gasteiger charge is 2.20. The van der Waals surface area contributed by atoms with Crippen LogP contribution in [0.5, 0.6) is 0 Å². The Labute approximate surface area is 82.5 Å². The Morgan fingerprint density at radius 1 is 1.58 bits per heavy atom. The maximum absolute atomic E-state index is 11.3. The molecule has 0 amide bonds. The van der Waals surface area contributed by atoms with Gasteiger partial charge in [-0.1, -0.05) is 0 Å². The number of hydrogen-bond donors (Lipinski definition) is 0. The van der Waals surface area contributed by atoms with Gasteiger partial charge in [0.15, 0.2) is 0 Å². The third-order valence-electron chi connectivity index (χ3n) is 1.33. The molecule has 0 aliphatic heterocycles. The molecule has 1 atom stereocenters. The molecule has 0 aliphatic carbocycles. The highest BCUT2D eigenvalue weighted by Crippen LogP contribution is 2.50. The molecular formula is C6H11Cl2N2OP. The first-order valence-corrected chi connectivity index (χ1v) is 7.02. The fourth-order valence-electron chi connectivity index (χ4n) is 0.746. The van der Waals surface area contributed by atoms with Crippen molar-refractivity contribution in [3.63, 3.8) is 0 Å². The highest BCUT2D eigenvalue weighted by molar-refractivity contribution is 7.86. The second kappa shape index (κ2) is 5.83. The van der Waals surface area contributed by atoms with Gasteiger partial charge < -0.3 is 0 Å². The summed E-state index contributed by atoms with van der Waals surface area (Å²) in [7, 11) is 0. The number of alkyl halides is 1. The van der Waals surface area contributed by atoms with Crippen LogP contribution in [0.2, 0.25) is 0 Å². The lowest BCUT2D eigenvalue weighted by molar-refractivity contribution is 0.450. The average molecular weight is 229 g/mol. The number of hydrogen-bond acceptors (Lipinski definition) is 2. The van der Waals surface area contributed by atoms with E-state index in [0.29, 0.717) is 25.4 Å². The Morgan fingerprint density at radius 2 is 2.17 bits per heavy atom. The standard InChI is InChI=1S/C6H11Cl2N2OP/c1-12(8,11)10(6-3-7)5-2-4-9/h2-3,5-6H2,1H3. The Kier molecular flexibility index (Phi) is 5.96. The van der Waals surface area contributed by atoms with Gasteiger partial charge in [-0.3, -0.25) is 4.57 Å². The van der Waals surface area contributed by atoms with E-state index >= 15 is 0 Å². The molecule has 0 saturated heterocycles. The number of halogens is 2. The molecule has 0 aromatic rings. The lowest BCUT2D eigenvalue weighted by atomic mass is 10.5. The van der Waals surface area contributed by atoms with Crippen LogP contribution in [-0.2, 0) is 4.57 Å². The van der Waals surface area contributed by atoms with Crippen molar-refractivity contribution in [3.8, 4) is 6.07 Å². The number of rotatable bonds is 5. The van der Waals surface area contributed by atoms with Crippen molar-refractivity contribution in [2.24, 2.45) is 0 Å². The lowest BCUT2D eigenvalue weighted by Crippen LogP contribution is -2.21. The van der Waals surface area contributed by atoms with Crippen molar-refractivity contribution in [3.05, 3.63) is 0 Å². The summed E-state index contributed by atoms with van der Waals surface area (Å²) in [5.41, 5.74) is 0. The van der Waals surface area contributed by atoms with Gasteiger partial charge in [-0.2, -0.15) is 5.26 Å². The summed E-state index contributed by atoms with van der Waals surface area (Å²) in [5.74, 6) is 0.371. The van der Waals surface area contributed by atoms with E-state index in [1.165, 1.54) is 6.66 Å². The van der Waals surface area contributed by atoms with E-state index in [0.717, 1.165) is 0 Å². The van der Waals surface area contributed by atoms with Gasteiger partial charge in [-0.05, 0) is 11.2 Å². The average Bonchev–Trinajstić information content (AvgIpc) is 1.95. The number of nitrogens with zero attached hydrogens (tertiary/aromatic N) is 2. The zero-order valence-corrected chi connectivity index (χ0v) is 9.24. The van der Waals surface area contributed by atoms with E-state index in [1.807, 2.05) is 6.07 Å². The first kappa shape index (κ1) is 12.3. The van der Waals surface area contributed by atoms with Crippen molar-refractivity contribution in [2.45, 2.75) is 6.42 Å². The minimum atomic E-state index is -2.75. The van der Waals surface area contributed by atoms with Crippen LogP contribution in [0.4, 0.5) is 0 Å². The van der Waals surface area contributed by atoms with Gasteiger partial charge in [-0.15, -0.1) is 11.6 Å². The molecule has 6 heteroatoms. The summed E-state index contributed by atoms with van der Waals surface area (Å²) in [6, 6.07) is 1.96. The van der Waals surface area contributed by atoms with Crippen LogP contribution < -0.4 is 0 Å². The van der Waals surface area contributed by atoms with Crippen LogP contribution in [-0.4, -0.2) is 30.3 Å². The Morgan fingerprint density at radius 3 is 2.50 bits per heavy atom. The van der Waals surface area contributed by atoms with E-state index in [9.17, 15) is 4.57 Å². The molecule has 0 saturated carbocycles. The number of nitriles is 1. The largest absolute Gasteiger partial charge is 0.289 e. The fraction of sp³-hybridized carbons (Fsp3) is 0.833. The van der Waals surface area contributed by atoms with Crippen molar-refractivity contribution in [1.29, 1.82) is 5.26 Å². The molecule has 0 aromatic heterocycles. The zero-order valence-electron chi connectivity index (χ0n) is 6.83. The first-order chi connectivity index (χ1) is 5.52. The topological polar surface area (TPSA) is 44.1 Å². The van der Waals surface area contributed by atoms with Crippen molar-refractivity contribution in [2.75, 3.05) is 25.6 Å². The Balaban J connectivity index is 4.06. The van der Waals surface area contributed by atoms with Crippen molar-refractivity contribution < 1.29 is 4.57 Å². The van der Waals surface area contributed by atoms with Gasteiger partial charge in [0.2, 0.25) is 6.65 Å². The van der Waals surface area contributed by atoms with E-state index in [1.54, 1.807) is 4.67 Å². The predicted octanol–water partition coefficient (Wildman–Crippen LogP) is 2.50. The molecule has 0 fully saturated rings. The van der Waals surface area contributed by atoms with Gasteiger partial charge in [0.05, 0.1) is 6.07 Å². The normalized spacial score (nSPS) is 15.6. The maximum atomic E-state index is 11.3. The molecule has 70 valence electrons. The molecular weight excluding hydrogens is 218 g/mol. The molecule has 0 rings (SSSR count). The summed E-state index contributed by atoms with van der Waals surface area (Å²) < 4.78 is 12.9. The zero-order chi connectivity index (χ0) is 9.61. The summed E-state index contributed by atoms with van der Waals surface area (Å²) in [6.07, 6.45) is 0.321. The monoisotopic (exact) mass is 228 g/mol. The second-order valence-electron chi connectivity index (χ2n) is 2.33.